The van der Waals surface area contributed by atoms with E-state index in [2.05, 4.69) is 15.9 Å². The summed E-state index contributed by atoms with van der Waals surface area (Å²) in [5.41, 5.74) is 0.928. The molecule has 1 heterocycles. The topological polar surface area (TPSA) is 38.8 Å². The number of amides is 1. The van der Waals surface area contributed by atoms with Gasteiger partial charge in [0.15, 0.2) is 0 Å². The number of rotatable bonds is 6. The minimum atomic E-state index is -0.0644. The minimum absolute atomic E-state index is 0.0644. The molecule has 2 aromatic rings. The van der Waals surface area contributed by atoms with E-state index in [9.17, 15) is 4.79 Å². The highest BCUT2D eigenvalue weighted by Crippen LogP contribution is 2.31. The van der Waals surface area contributed by atoms with Crippen LogP contribution in [0.2, 0.25) is 0 Å². The molecule has 0 aliphatic carbocycles. The zero-order valence-corrected chi connectivity index (χ0v) is 17.2. The predicted octanol–water partition coefficient (Wildman–Crippen LogP) is 4.74. The zero-order valence-electron chi connectivity index (χ0n) is 14.0. The van der Waals surface area contributed by atoms with Crippen LogP contribution in [0.1, 0.15) is 5.56 Å². The van der Waals surface area contributed by atoms with Crippen molar-refractivity contribution in [2.24, 2.45) is 0 Å². The van der Waals surface area contributed by atoms with E-state index in [1.54, 1.807) is 7.05 Å². The van der Waals surface area contributed by atoms with Crippen molar-refractivity contribution in [2.75, 3.05) is 20.3 Å². The Morgan fingerprint density at radius 2 is 1.58 bits per heavy atom. The molecular weight excluding hydrogens is 434 g/mol. The average Bonchev–Trinajstić information content (AvgIpc) is 2.88. The van der Waals surface area contributed by atoms with Crippen LogP contribution in [0.5, 0.6) is 11.5 Å². The summed E-state index contributed by atoms with van der Waals surface area (Å²) in [6.45, 7) is 0.909. The Morgan fingerprint density at radius 1 is 1.04 bits per heavy atom. The Kier molecular flexibility index (Phi) is 6.34. The molecule has 1 fully saturated rings. The standard InChI is InChI=1S/C19H16BrNO3S2/c1-21-18(22)17(26-19(21)25)12-13-2-6-15(7-3-13)23-10-11-24-16-8-4-14(20)5-9-16/h2-9,12H,10-11H2,1H3/b17-12+. The van der Waals surface area contributed by atoms with E-state index in [1.165, 1.54) is 16.7 Å². The number of benzene rings is 2. The van der Waals surface area contributed by atoms with Crippen molar-refractivity contribution < 1.29 is 14.3 Å². The predicted molar refractivity (Wildman–Crippen MR) is 113 cm³/mol. The summed E-state index contributed by atoms with van der Waals surface area (Å²) in [6, 6.07) is 15.2. The third-order valence-electron chi connectivity index (χ3n) is 3.60. The van der Waals surface area contributed by atoms with E-state index in [0.717, 1.165) is 21.5 Å². The third kappa shape index (κ3) is 4.87. The van der Waals surface area contributed by atoms with E-state index in [-0.39, 0.29) is 5.91 Å². The first-order valence-electron chi connectivity index (χ1n) is 7.86. The molecule has 0 spiro atoms. The van der Waals surface area contributed by atoms with Gasteiger partial charge in [-0.3, -0.25) is 9.69 Å². The van der Waals surface area contributed by atoms with E-state index in [1.807, 2.05) is 54.6 Å². The highest BCUT2D eigenvalue weighted by atomic mass is 79.9. The summed E-state index contributed by atoms with van der Waals surface area (Å²) in [5, 5.41) is 0. The first kappa shape index (κ1) is 18.9. The van der Waals surface area contributed by atoms with Gasteiger partial charge in [0.2, 0.25) is 0 Å². The molecule has 0 radical (unpaired) electrons. The van der Waals surface area contributed by atoms with Crippen molar-refractivity contribution in [3.8, 4) is 11.5 Å². The Hall–Kier alpha value is -1.83. The molecule has 2 aromatic carbocycles. The van der Waals surface area contributed by atoms with Crippen molar-refractivity contribution in [1.82, 2.24) is 4.90 Å². The van der Waals surface area contributed by atoms with Crippen molar-refractivity contribution >= 4 is 56.2 Å². The number of likely N-dealkylation sites (N-methyl/N-ethyl adjacent to an activating group) is 1. The number of ether oxygens (including phenoxy) is 2. The van der Waals surface area contributed by atoms with Crippen LogP contribution in [0.4, 0.5) is 0 Å². The molecule has 0 unspecified atom stereocenters. The fourth-order valence-electron chi connectivity index (χ4n) is 2.21. The monoisotopic (exact) mass is 449 g/mol. The smallest absolute Gasteiger partial charge is 0.265 e. The fraction of sp³-hybridized carbons (Fsp3) is 0.158. The Balaban J connectivity index is 1.49. The van der Waals surface area contributed by atoms with Crippen LogP contribution in [-0.4, -0.2) is 35.4 Å². The molecule has 1 aliphatic heterocycles. The number of carbonyl (C=O) groups excluding carboxylic acids is 1. The molecule has 1 amide bonds. The van der Waals surface area contributed by atoms with E-state index < -0.39 is 0 Å². The first-order chi connectivity index (χ1) is 12.5. The molecule has 4 nitrogen and oxygen atoms in total. The molecule has 3 rings (SSSR count). The van der Waals surface area contributed by atoms with Crippen molar-refractivity contribution in [2.45, 2.75) is 0 Å². The maximum atomic E-state index is 12.0. The number of nitrogens with zero attached hydrogens (tertiary/aromatic N) is 1. The second kappa shape index (κ2) is 8.70. The Morgan fingerprint density at radius 3 is 2.08 bits per heavy atom. The lowest BCUT2D eigenvalue weighted by Gasteiger charge is -2.08. The molecule has 0 bridgehead atoms. The molecule has 7 heteroatoms. The molecule has 0 atom stereocenters. The number of thiocarbonyl (C=S) groups is 1. The zero-order chi connectivity index (χ0) is 18.5. The maximum absolute atomic E-state index is 12.0. The molecule has 0 saturated carbocycles. The SMILES string of the molecule is CN1C(=O)/C(=C\c2ccc(OCCOc3ccc(Br)cc3)cc2)SC1=S. The van der Waals surface area contributed by atoms with Crippen LogP contribution in [-0.2, 0) is 4.79 Å². The van der Waals surface area contributed by atoms with Crippen LogP contribution < -0.4 is 9.47 Å². The summed E-state index contributed by atoms with van der Waals surface area (Å²) < 4.78 is 12.9. The van der Waals surface area contributed by atoms with E-state index >= 15 is 0 Å². The second-order valence-electron chi connectivity index (χ2n) is 5.46. The van der Waals surface area contributed by atoms with E-state index in [0.29, 0.717) is 22.4 Å². The number of halogens is 1. The van der Waals surface area contributed by atoms with Crippen molar-refractivity contribution in [1.29, 1.82) is 0 Å². The number of thioether (sulfide) groups is 1. The van der Waals surface area contributed by atoms with Crippen molar-refractivity contribution in [3.05, 3.63) is 63.5 Å². The minimum Gasteiger partial charge on any atom is -0.490 e. The third-order valence-corrected chi connectivity index (χ3v) is 5.61. The number of hydrogen-bond acceptors (Lipinski definition) is 5. The molecule has 0 aromatic heterocycles. The number of hydrogen-bond donors (Lipinski definition) is 0. The molecule has 1 aliphatic rings. The van der Waals surface area contributed by atoms with Gasteiger partial charge in [-0.2, -0.15) is 0 Å². The van der Waals surface area contributed by atoms with Gasteiger partial charge in [-0.1, -0.05) is 52.0 Å². The van der Waals surface area contributed by atoms with Gasteiger partial charge in [0, 0.05) is 11.5 Å². The van der Waals surface area contributed by atoms with Crippen LogP contribution in [0, 0.1) is 0 Å². The molecule has 134 valence electrons. The van der Waals surface area contributed by atoms with Gasteiger partial charge in [0.1, 0.15) is 29.0 Å². The van der Waals surface area contributed by atoms with Gasteiger partial charge in [-0.25, -0.2) is 0 Å². The van der Waals surface area contributed by atoms with Crippen LogP contribution >= 0.6 is 39.9 Å². The highest BCUT2D eigenvalue weighted by Gasteiger charge is 2.28. The van der Waals surface area contributed by atoms with Gasteiger partial charge in [-0.15, -0.1) is 0 Å². The average molecular weight is 450 g/mol. The second-order valence-corrected chi connectivity index (χ2v) is 8.05. The van der Waals surface area contributed by atoms with Gasteiger partial charge >= 0.3 is 0 Å². The quantitative estimate of drug-likeness (QED) is 0.361. The molecule has 0 N–H and O–H groups in total. The highest BCUT2D eigenvalue weighted by molar-refractivity contribution is 9.10. The fourth-order valence-corrected chi connectivity index (χ4v) is 3.65. The molecule has 1 saturated heterocycles. The lowest BCUT2D eigenvalue weighted by Crippen LogP contribution is -2.22. The normalized spacial score (nSPS) is 15.6. The van der Waals surface area contributed by atoms with E-state index in [4.69, 9.17) is 21.7 Å². The maximum Gasteiger partial charge on any atom is 0.265 e. The van der Waals surface area contributed by atoms with Gasteiger partial charge in [0.25, 0.3) is 5.91 Å². The number of carbonyl (C=O) groups is 1. The summed E-state index contributed by atoms with van der Waals surface area (Å²) in [6.07, 6.45) is 1.84. The van der Waals surface area contributed by atoms with Crippen LogP contribution in [0.15, 0.2) is 57.9 Å². The van der Waals surface area contributed by atoms with Crippen molar-refractivity contribution in [3.63, 3.8) is 0 Å². The largest absolute Gasteiger partial charge is 0.490 e. The Bertz CT molecular complexity index is 835. The summed E-state index contributed by atoms with van der Waals surface area (Å²) in [5.74, 6) is 1.50. The van der Waals surface area contributed by atoms with Gasteiger partial charge in [-0.05, 0) is 48.0 Å². The van der Waals surface area contributed by atoms with Gasteiger partial charge in [0.05, 0.1) is 4.91 Å². The first-order valence-corrected chi connectivity index (χ1v) is 9.87. The molecule has 26 heavy (non-hydrogen) atoms. The lowest BCUT2D eigenvalue weighted by atomic mass is 10.2. The molecular formula is C19H16BrNO3S2. The van der Waals surface area contributed by atoms with Gasteiger partial charge < -0.3 is 9.47 Å². The summed E-state index contributed by atoms with van der Waals surface area (Å²) in [4.78, 5) is 14.1. The summed E-state index contributed by atoms with van der Waals surface area (Å²) in [7, 11) is 1.69. The summed E-state index contributed by atoms with van der Waals surface area (Å²) >= 11 is 9.83. The van der Waals surface area contributed by atoms with Crippen LogP contribution in [0.25, 0.3) is 6.08 Å². The lowest BCUT2D eigenvalue weighted by molar-refractivity contribution is -0.121. The Labute approximate surface area is 170 Å². The van der Waals surface area contributed by atoms with Crippen LogP contribution in [0.3, 0.4) is 0 Å².